The Morgan fingerprint density at radius 3 is 0.784 bits per heavy atom. The fraction of sp³-hybridized carbons (Fsp3) is 0.600. The van der Waals surface area contributed by atoms with Gasteiger partial charge in [0.15, 0.2) is 0 Å². The Hall–Kier alpha value is 0.402. The van der Waals surface area contributed by atoms with Crippen molar-refractivity contribution in [2.45, 2.75) is 117 Å². The van der Waals surface area contributed by atoms with E-state index >= 15 is 0 Å². The van der Waals surface area contributed by atoms with E-state index in [0.717, 1.165) is 11.1 Å². The predicted octanol–water partition coefficient (Wildman–Crippen LogP) is 3.73. The van der Waals surface area contributed by atoms with E-state index in [2.05, 4.69) is 107 Å². The molecule has 2 rings (SSSR count). The third-order valence-corrected chi connectivity index (χ3v) is 12.4. The van der Waals surface area contributed by atoms with E-state index in [-0.39, 0.29) is 95.1 Å². The largest absolute Gasteiger partial charge is 2.00 e. The van der Waals surface area contributed by atoms with Crippen LogP contribution in [0.4, 0.5) is 8.78 Å². The Morgan fingerprint density at radius 2 is 0.649 bits per heavy atom. The van der Waals surface area contributed by atoms with Crippen LogP contribution in [-0.2, 0) is 33.8 Å². The summed E-state index contributed by atoms with van der Waals surface area (Å²) in [5.74, 6) is 0. The van der Waals surface area contributed by atoms with Crippen LogP contribution in [0.2, 0.25) is 0 Å². The van der Waals surface area contributed by atoms with Crippen LogP contribution in [0.25, 0.3) is 0 Å². The number of benzene rings is 2. The smallest absolute Gasteiger partial charge is 1.00 e. The third-order valence-electron chi connectivity index (χ3n) is 5.38. The van der Waals surface area contributed by atoms with Crippen molar-refractivity contribution in [2.75, 3.05) is 0 Å². The molecule has 37 heavy (non-hydrogen) atoms. The number of hydrogen-bond donors (Lipinski definition) is 0. The third kappa shape index (κ3) is 13.5. The molecule has 0 aliphatic heterocycles. The molecule has 2 aromatic rings. The fourth-order valence-electron chi connectivity index (χ4n) is 5.03. The summed E-state index contributed by atoms with van der Waals surface area (Å²) in [6.45, 7) is 26.8. The molecule has 0 aliphatic carbocycles. The summed E-state index contributed by atoms with van der Waals surface area (Å²) in [5, 5.41) is 3.82. The second kappa shape index (κ2) is 16.6. The first-order chi connectivity index (χ1) is 15.3. The number of alkyl halides is 2. The van der Waals surface area contributed by atoms with Crippen LogP contribution in [0.15, 0.2) is 48.5 Å². The minimum absolute atomic E-state index is 0. The standard InChI is InChI=1S/2C15H24FP.2ClH.Pd/c2*1-14(2,3)17(15(4,5)6)13-9-7-12(11-16)8-10-13;;;/h2*7-10H,11H2,1-6H3;2*1H;/q;;;;+2/p-2. The van der Waals surface area contributed by atoms with Crippen molar-refractivity contribution in [1.82, 2.24) is 0 Å². The van der Waals surface area contributed by atoms with Crippen molar-refractivity contribution < 1.29 is 54.0 Å². The van der Waals surface area contributed by atoms with Crippen molar-refractivity contribution in [3.63, 3.8) is 0 Å². The molecular formula is C30H48Cl2F2P2Pd. The molecule has 0 nitrogen and oxygen atoms in total. The second-order valence-electron chi connectivity index (χ2n) is 13.0. The van der Waals surface area contributed by atoms with E-state index in [1.165, 1.54) is 10.6 Å². The van der Waals surface area contributed by atoms with Gasteiger partial charge in [-0.1, -0.05) is 147 Å². The molecule has 0 amide bonds. The summed E-state index contributed by atoms with van der Waals surface area (Å²) < 4.78 is 25.1. The summed E-state index contributed by atoms with van der Waals surface area (Å²) in [6.07, 6.45) is 0. The van der Waals surface area contributed by atoms with Crippen LogP contribution >= 0.6 is 15.8 Å². The SMILES string of the molecule is CC(C)(C)P(c1ccc(CF)cc1)C(C)(C)C.CC(C)(C)P(c1ccc(CF)cc1)C(C)(C)C.[Cl-].[Cl-].[Pd+2]. The maximum Gasteiger partial charge on any atom is 2.00 e. The van der Waals surface area contributed by atoms with E-state index in [9.17, 15) is 8.78 Å². The summed E-state index contributed by atoms with van der Waals surface area (Å²) in [4.78, 5) is 0. The monoisotopic (exact) mass is 684 g/mol. The zero-order chi connectivity index (χ0) is 26.5. The molecule has 7 heteroatoms. The summed E-state index contributed by atoms with van der Waals surface area (Å²) in [5.41, 5.74) is 1.54. The molecular weight excluding hydrogens is 638 g/mol. The zero-order valence-electron chi connectivity index (χ0n) is 24.8. The molecule has 0 aliphatic rings. The zero-order valence-corrected chi connectivity index (χ0v) is 29.6. The van der Waals surface area contributed by atoms with Crippen molar-refractivity contribution in [3.05, 3.63) is 59.7 Å². The van der Waals surface area contributed by atoms with Gasteiger partial charge in [0, 0.05) is 0 Å². The van der Waals surface area contributed by atoms with E-state index in [1.807, 2.05) is 24.3 Å². The molecule has 0 aromatic heterocycles. The molecule has 0 radical (unpaired) electrons. The van der Waals surface area contributed by atoms with Crippen LogP contribution in [-0.4, -0.2) is 20.6 Å². The second-order valence-corrected chi connectivity index (χ2v) is 20.7. The molecule has 0 saturated heterocycles. The van der Waals surface area contributed by atoms with Gasteiger partial charge < -0.3 is 24.8 Å². The molecule has 0 saturated carbocycles. The maximum absolute atomic E-state index is 12.5. The molecule has 0 heterocycles. The van der Waals surface area contributed by atoms with Gasteiger partial charge in [0.2, 0.25) is 0 Å². The van der Waals surface area contributed by atoms with Crippen molar-refractivity contribution in [2.24, 2.45) is 0 Å². The molecule has 0 atom stereocenters. The Kier molecular flexibility index (Phi) is 18.8. The summed E-state index contributed by atoms with van der Waals surface area (Å²) >= 11 is 0. The normalized spacial score (nSPS) is 12.1. The minimum atomic E-state index is -0.372. The first-order valence-electron chi connectivity index (χ1n) is 12.2. The number of rotatable bonds is 4. The van der Waals surface area contributed by atoms with Crippen LogP contribution in [0.1, 0.15) is 94.2 Å². The predicted molar refractivity (Wildman–Crippen MR) is 155 cm³/mol. The van der Waals surface area contributed by atoms with Gasteiger partial charge in [-0.25, -0.2) is 8.78 Å². The van der Waals surface area contributed by atoms with Gasteiger partial charge in [0.1, 0.15) is 13.3 Å². The van der Waals surface area contributed by atoms with Crippen molar-refractivity contribution in [3.8, 4) is 0 Å². The van der Waals surface area contributed by atoms with Gasteiger partial charge in [-0.3, -0.25) is 0 Å². The van der Waals surface area contributed by atoms with Crippen LogP contribution in [0.3, 0.4) is 0 Å². The van der Waals surface area contributed by atoms with Gasteiger partial charge in [-0.15, -0.1) is 0 Å². The maximum atomic E-state index is 12.5. The number of hydrogen-bond acceptors (Lipinski definition) is 0. The van der Waals surface area contributed by atoms with Gasteiger partial charge >= 0.3 is 20.4 Å². The molecule has 216 valence electrons. The molecule has 0 spiro atoms. The Morgan fingerprint density at radius 1 is 0.459 bits per heavy atom. The van der Waals surface area contributed by atoms with Crippen LogP contribution in [0.5, 0.6) is 0 Å². The van der Waals surface area contributed by atoms with Crippen LogP contribution < -0.4 is 35.4 Å². The minimum Gasteiger partial charge on any atom is -1.00 e. The average molecular weight is 686 g/mol. The van der Waals surface area contributed by atoms with E-state index in [1.54, 1.807) is 0 Å². The van der Waals surface area contributed by atoms with E-state index in [0.29, 0.717) is 0 Å². The topological polar surface area (TPSA) is 0 Å². The summed E-state index contributed by atoms with van der Waals surface area (Å²) in [6, 6.07) is 16.1. The fourth-order valence-corrected chi connectivity index (χ4v) is 13.0. The first kappa shape index (κ1) is 41.9. The number of halogens is 4. The quantitative estimate of drug-likeness (QED) is 0.340. The molecule has 0 bridgehead atoms. The van der Waals surface area contributed by atoms with Crippen molar-refractivity contribution >= 4 is 26.5 Å². The average Bonchev–Trinajstić information content (AvgIpc) is 2.65. The van der Waals surface area contributed by atoms with Gasteiger partial charge in [0.05, 0.1) is 0 Å². The van der Waals surface area contributed by atoms with E-state index in [4.69, 9.17) is 0 Å². The Bertz CT molecular complexity index is 773. The van der Waals surface area contributed by atoms with Gasteiger partial charge in [0.25, 0.3) is 0 Å². The van der Waals surface area contributed by atoms with Gasteiger partial charge in [-0.2, -0.15) is 0 Å². The first-order valence-corrected chi connectivity index (χ1v) is 14.9. The van der Waals surface area contributed by atoms with Crippen LogP contribution in [0, 0.1) is 0 Å². The molecule has 0 fully saturated rings. The van der Waals surface area contributed by atoms with E-state index < -0.39 is 0 Å². The Balaban J connectivity index is -0.000000578. The molecule has 0 unspecified atom stereocenters. The Labute approximate surface area is 255 Å². The van der Waals surface area contributed by atoms with Crippen molar-refractivity contribution in [1.29, 1.82) is 0 Å². The van der Waals surface area contributed by atoms with Gasteiger partial charge in [-0.05, 0) is 42.4 Å². The molecule has 2 aromatic carbocycles. The summed E-state index contributed by atoms with van der Waals surface area (Å²) in [7, 11) is -0.555. The molecule has 0 N–H and O–H groups in total.